The van der Waals surface area contributed by atoms with Crippen molar-refractivity contribution in [3.63, 3.8) is 0 Å². The first-order valence-corrected chi connectivity index (χ1v) is 5.71. The summed E-state index contributed by atoms with van der Waals surface area (Å²) in [4.78, 5) is 2.18. The van der Waals surface area contributed by atoms with Crippen LogP contribution >= 0.6 is 11.8 Å². The number of nitrogens with zero attached hydrogens (tertiary/aromatic N) is 1. The van der Waals surface area contributed by atoms with E-state index in [1.165, 1.54) is 0 Å². The highest BCUT2D eigenvalue weighted by Gasteiger charge is 2.13. The van der Waals surface area contributed by atoms with Crippen molar-refractivity contribution in [1.29, 1.82) is 0 Å². The van der Waals surface area contributed by atoms with E-state index in [2.05, 4.69) is 32.0 Å². The fraction of sp³-hybridized carbons (Fsp3) is 0.800. The molecule has 0 amide bonds. The summed E-state index contributed by atoms with van der Waals surface area (Å²) in [5, 5.41) is 1.84. The predicted molar refractivity (Wildman–Crippen MR) is 58.9 cm³/mol. The molecule has 0 radical (unpaired) electrons. The monoisotopic (exact) mass is 201 g/mol. The van der Waals surface area contributed by atoms with Crippen molar-refractivity contribution in [2.45, 2.75) is 25.0 Å². The van der Waals surface area contributed by atoms with Gasteiger partial charge in [-0.15, -0.1) is 0 Å². The Kier molecular flexibility index (Phi) is 4.67. The molecule has 0 aromatic rings. The van der Waals surface area contributed by atoms with Crippen molar-refractivity contribution in [1.82, 2.24) is 4.90 Å². The quantitative estimate of drug-likeness (QED) is 0.633. The zero-order valence-corrected chi connectivity index (χ0v) is 9.56. The van der Waals surface area contributed by atoms with Gasteiger partial charge in [-0.25, -0.2) is 0 Å². The van der Waals surface area contributed by atoms with Gasteiger partial charge in [-0.3, -0.25) is 0 Å². The predicted octanol–water partition coefficient (Wildman–Crippen LogP) is 2.32. The Balaban J connectivity index is 2.00. The minimum Gasteiger partial charge on any atom is -0.488 e. The molecule has 1 heterocycles. The van der Waals surface area contributed by atoms with Crippen molar-refractivity contribution in [2.75, 3.05) is 27.2 Å². The third kappa shape index (κ3) is 4.58. The Morgan fingerprint density at radius 2 is 2.38 bits per heavy atom. The number of hydrogen-bond donors (Lipinski definition) is 0. The van der Waals surface area contributed by atoms with Gasteiger partial charge in [-0.2, -0.15) is 0 Å². The lowest BCUT2D eigenvalue weighted by Crippen LogP contribution is -2.14. The molecule has 0 aromatic heterocycles. The SMILES string of the molecule is CC1CC=C(OCCCN(C)C)S1. The standard InChI is InChI=1S/C10H19NOS/c1-9-5-6-10(13-9)12-8-4-7-11(2)3/h6,9H,4-5,7-8H2,1-3H3. The molecular formula is C10H19NOS. The molecule has 1 rings (SSSR count). The number of ether oxygens (including phenoxy) is 1. The van der Waals surface area contributed by atoms with E-state index in [0.29, 0.717) is 5.25 Å². The molecule has 1 aliphatic heterocycles. The van der Waals surface area contributed by atoms with E-state index in [1.807, 2.05) is 11.8 Å². The van der Waals surface area contributed by atoms with E-state index in [9.17, 15) is 0 Å². The summed E-state index contributed by atoms with van der Waals surface area (Å²) in [5.74, 6) is 0. The van der Waals surface area contributed by atoms with Gasteiger partial charge in [0.1, 0.15) is 5.09 Å². The molecule has 1 unspecified atom stereocenters. The highest BCUT2D eigenvalue weighted by Crippen LogP contribution is 2.32. The maximum absolute atomic E-state index is 5.62. The third-order valence-electron chi connectivity index (χ3n) is 1.93. The summed E-state index contributed by atoms with van der Waals surface area (Å²) in [6.07, 6.45) is 4.47. The van der Waals surface area contributed by atoms with Crippen LogP contribution in [-0.4, -0.2) is 37.4 Å². The second-order valence-electron chi connectivity index (χ2n) is 3.69. The van der Waals surface area contributed by atoms with Crippen LogP contribution in [0, 0.1) is 0 Å². The average Bonchev–Trinajstić information content (AvgIpc) is 2.45. The van der Waals surface area contributed by atoms with Gasteiger partial charge in [0.2, 0.25) is 0 Å². The van der Waals surface area contributed by atoms with Crippen LogP contribution in [0.25, 0.3) is 0 Å². The summed E-state index contributed by atoms with van der Waals surface area (Å²) in [6.45, 7) is 4.19. The lowest BCUT2D eigenvalue weighted by Gasteiger charge is -2.10. The lowest BCUT2D eigenvalue weighted by atomic mass is 10.3. The van der Waals surface area contributed by atoms with Gasteiger partial charge in [0.15, 0.2) is 0 Å². The molecule has 76 valence electrons. The van der Waals surface area contributed by atoms with Crippen LogP contribution in [0.3, 0.4) is 0 Å². The van der Waals surface area contributed by atoms with E-state index in [1.54, 1.807) is 0 Å². The van der Waals surface area contributed by atoms with Crippen molar-refractivity contribution in [2.24, 2.45) is 0 Å². The first-order valence-electron chi connectivity index (χ1n) is 4.83. The summed E-state index contributed by atoms with van der Waals surface area (Å²) in [5.41, 5.74) is 0. The summed E-state index contributed by atoms with van der Waals surface area (Å²) < 4.78 is 5.62. The summed E-state index contributed by atoms with van der Waals surface area (Å²) in [7, 11) is 4.18. The van der Waals surface area contributed by atoms with Crippen molar-refractivity contribution in [3.05, 3.63) is 11.2 Å². The number of thioether (sulfide) groups is 1. The molecule has 3 heteroatoms. The van der Waals surface area contributed by atoms with E-state index in [4.69, 9.17) is 4.74 Å². The highest BCUT2D eigenvalue weighted by molar-refractivity contribution is 8.03. The zero-order chi connectivity index (χ0) is 9.68. The molecule has 0 spiro atoms. The van der Waals surface area contributed by atoms with E-state index >= 15 is 0 Å². The number of hydrogen-bond acceptors (Lipinski definition) is 3. The van der Waals surface area contributed by atoms with Crippen LogP contribution in [0.4, 0.5) is 0 Å². The molecule has 13 heavy (non-hydrogen) atoms. The Morgan fingerprint density at radius 1 is 1.62 bits per heavy atom. The van der Waals surface area contributed by atoms with Crippen LogP contribution < -0.4 is 0 Å². The van der Waals surface area contributed by atoms with Crippen LogP contribution in [0.15, 0.2) is 11.2 Å². The van der Waals surface area contributed by atoms with Crippen molar-refractivity contribution >= 4 is 11.8 Å². The van der Waals surface area contributed by atoms with Crippen molar-refractivity contribution in [3.8, 4) is 0 Å². The van der Waals surface area contributed by atoms with Crippen LogP contribution in [0.2, 0.25) is 0 Å². The van der Waals surface area contributed by atoms with Gasteiger partial charge in [-0.1, -0.05) is 18.7 Å². The molecule has 2 nitrogen and oxygen atoms in total. The van der Waals surface area contributed by atoms with Crippen molar-refractivity contribution < 1.29 is 4.74 Å². The van der Waals surface area contributed by atoms with Crippen LogP contribution in [0.5, 0.6) is 0 Å². The molecule has 1 atom stereocenters. The fourth-order valence-electron chi connectivity index (χ4n) is 1.20. The van der Waals surface area contributed by atoms with Gasteiger partial charge >= 0.3 is 0 Å². The average molecular weight is 201 g/mol. The highest BCUT2D eigenvalue weighted by atomic mass is 32.2. The maximum atomic E-state index is 5.62. The van der Waals surface area contributed by atoms with Crippen LogP contribution in [-0.2, 0) is 4.74 Å². The van der Waals surface area contributed by atoms with E-state index < -0.39 is 0 Å². The zero-order valence-electron chi connectivity index (χ0n) is 8.75. The minimum absolute atomic E-state index is 0.712. The molecule has 0 fully saturated rings. The van der Waals surface area contributed by atoms with Gasteiger partial charge in [-0.05, 0) is 33.0 Å². The molecule has 0 aliphatic carbocycles. The van der Waals surface area contributed by atoms with E-state index in [-0.39, 0.29) is 0 Å². The Hall–Kier alpha value is -0.150. The van der Waals surface area contributed by atoms with Crippen LogP contribution in [0.1, 0.15) is 19.8 Å². The summed E-state index contributed by atoms with van der Waals surface area (Å²) in [6, 6.07) is 0. The third-order valence-corrected chi connectivity index (χ3v) is 3.04. The fourth-order valence-corrected chi connectivity index (χ4v) is 2.14. The largest absolute Gasteiger partial charge is 0.488 e. The first kappa shape index (κ1) is 10.9. The van der Waals surface area contributed by atoms with Gasteiger partial charge in [0, 0.05) is 11.8 Å². The first-order chi connectivity index (χ1) is 6.18. The molecular weight excluding hydrogens is 182 g/mol. The molecule has 0 N–H and O–H groups in total. The number of allylic oxidation sites excluding steroid dienone is 1. The van der Waals surface area contributed by atoms with E-state index in [0.717, 1.165) is 31.1 Å². The minimum atomic E-state index is 0.712. The Labute approximate surface area is 85.3 Å². The molecule has 1 aliphatic rings. The van der Waals surface area contributed by atoms with Gasteiger partial charge in [0.25, 0.3) is 0 Å². The van der Waals surface area contributed by atoms with Gasteiger partial charge < -0.3 is 9.64 Å². The lowest BCUT2D eigenvalue weighted by molar-refractivity contribution is 0.219. The number of rotatable bonds is 5. The second kappa shape index (κ2) is 5.55. The Bertz CT molecular complexity index is 180. The molecule has 0 bridgehead atoms. The molecule has 0 saturated heterocycles. The summed E-state index contributed by atoms with van der Waals surface area (Å²) >= 11 is 1.85. The normalized spacial score (nSPS) is 22.2. The molecule has 0 aromatic carbocycles. The van der Waals surface area contributed by atoms with Gasteiger partial charge in [0.05, 0.1) is 6.61 Å². The Morgan fingerprint density at radius 3 is 2.92 bits per heavy atom. The smallest absolute Gasteiger partial charge is 0.149 e. The topological polar surface area (TPSA) is 12.5 Å². The maximum Gasteiger partial charge on any atom is 0.149 e. The second-order valence-corrected chi connectivity index (χ2v) is 5.14. The molecule has 0 saturated carbocycles.